The molecule has 1 aliphatic rings. The number of hydrogen-bond acceptors (Lipinski definition) is 3. The van der Waals surface area contributed by atoms with E-state index in [-0.39, 0.29) is 17.5 Å². The summed E-state index contributed by atoms with van der Waals surface area (Å²) < 4.78 is 3.28. The van der Waals surface area contributed by atoms with Gasteiger partial charge in [-0.3, -0.25) is 13.9 Å². The number of rotatable bonds is 4. The van der Waals surface area contributed by atoms with E-state index < -0.39 is 0 Å². The van der Waals surface area contributed by atoms with Gasteiger partial charge in [-0.05, 0) is 37.5 Å². The van der Waals surface area contributed by atoms with Crippen molar-refractivity contribution in [3.63, 3.8) is 0 Å². The molecule has 146 valence electrons. The van der Waals surface area contributed by atoms with Crippen LogP contribution >= 0.6 is 0 Å². The number of benzene rings is 2. The minimum atomic E-state index is -0.261. The molecule has 0 saturated carbocycles. The Bertz CT molecular complexity index is 1080. The predicted octanol–water partition coefficient (Wildman–Crippen LogP) is 3.22. The van der Waals surface area contributed by atoms with E-state index in [0.717, 1.165) is 53.9 Å². The Balaban J connectivity index is 1.76. The molecule has 3 aromatic rings. The van der Waals surface area contributed by atoms with Crippen molar-refractivity contribution in [3.8, 4) is 0 Å². The van der Waals surface area contributed by atoms with E-state index in [9.17, 15) is 9.59 Å². The molecule has 1 aliphatic heterocycles. The Labute approximate surface area is 164 Å². The van der Waals surface area contributed by atoms with Crippen LogP contribution in [0.15, 0.2) is 47.3 Å². The molecule has 1 aromatic heterocycles. The molecule has 1 amide bonds. The van der Waals surface area contributed by atoms with Crippen molar-refractivity contribution in [2.24, 2.45) is 14.1 Å². The van der Waals surface area contributed by atoms with Crippen molar-refractivity contribution in [1.82, 2.24) is 9.13 Å². The molecule has 0 spiro atoms. The number of aryl methyl sites for hydroxylation is 2. The Morgan fingerprint density at radius 3 is 2.25 bits per heavy atom. The zero-order chi connectivity index (χ0) is 19.8. The number of imidazole rings is 1. The first-order valence-electron chi connectivity index (χ1n) is 9.77. The van der Waals surface area contributed by atoms with Gasteiger partial charge in [-0.2, -0.15) is 0 Å². The van der Waals surface area contributed by atoms with Crippen molar-refractivity contribution >= 4 is 28.3 Å². The summed E-state index contributed by atoms with van der Waals surface area (Å²) in [5.74, 6) is -0.310. The van der Waals surface area contributed by atoms with Gasteiger partial charge in [0.2, 0.25) is 5.91 Å². The van der Waals surface area contributed by atoms with Crippen LogP contribution in [0.1, 0.15) is 31.2 Å². The van der Waals surface area contributed by atoms with Crippen molar-refractivity contribution in [2.75, 3.05) is 23.3 Å². The molecule has 6 nitrogen and oxygen atoms in total. The SMILES string of the molecule is C[C@@H](C(=O)Nc1cc2c(cc1N1CCCC1)n(C)c(=O)n2C)c1ccccc1. The standard InChI is InChI=1S/C22H26N4O2/c1-15(16-9-5-4-6-10-16)21(27)23-17-13-19-20(25(3)22(28)24(19)2)14-18(17)26-11-7-8-12-26/h4-6,9-10,13-15H,7-8,11-12H2,1-3H3,(H,23,27)/t15-/m1/s1. The summed E-state index contributed by atoms with van der Waals surface area (Å²) >= 11 is 0. The van der Waals surface area contributed by atoms with Gasteiger partial charge < -0.3 is 10.2 Å². The van der Waals surface area contributed by atoms with Crippen molar-refractivity contribution in [1.29, 1.82) is 0 Å². The lowest BCUT2D eigenvalue weighted by molar-refractivity contribution is -0.117. The van der Waals surface area contributed by atoms with Gasteiger partial charge in [0.15, 0.2) is 0 Å². The van der Waals surface area contributed by atoms with E-state index in [4.69, 9.17) is 0 Å². The van der Waals surface area contributed by atoms with Crippen molar-refractivity contribution in [2.45, 2.75) is 25.7 Å². The Morgan fingerprint density at radius 2 is 1.61 bits per heavy atom. The maximum atomic E-state index is 13.0. The van der Waals surface area contributed by atoms with Gasteiger partial charge in [0.1, 0.15) is 0 Å². The maximum absolute atomic E-state index is 13.0. The molecule has 0 radical (unpaired) electrons. The predicted molar refractivity (Wildman–Crippen MR) is 113 cm³/mol. The normalized spacial score (nSPS) is 15.2. The minimum Gasteiger partial charge on any atom is -0.370 e. The fourth-order valence-electron chi connectivity index (χ4n) is 3.99. The molecule has 2 aromatic carbocycles. The number of hydrogen-bond donors (Lipinski definition) is 1. The molecule has 1 saturated heterocycles. The fraction of sp³-hybridized carbons (Fsp3) is 0.364. The smallest absolute Gasteiger partial charge is 0.328 e. The van der Waals surface area contributed by atoms with Gasteiger partial charge in [0.25, 0.3) is 0 Å². The van der Waals surface area contributed by atoms with E-state index in [2.05, 4.69) is 10.2 Å². The minimum absolute atomic E-state index is 0.0491. The monoisotopic (exact) mass is 378 g/mol. The van der Waals surface area contributed by atoms with Crippen molar-refractivity contribution < 1.29 is 4.79 Å². The second kappa shape index (κ2) is 7.19. The molecule has 0 bridgehead atoms. The van der Waals surface area contributed by atoms with Gasteiger partial charge in [-0.15, -0.1) is 0 Å². The van der Waals surface area contributed by atoms with Crippen LogP contribution in [0.25, 0.3) is 11.0 Å². The third-order valence-corrected chi connectivity index (χ3v) is 5.79. The van der Waals surface area contributed by atoms with Gasteiger partial charge in [-0.25, -0.2) is 4.79 Å². The summed E-state index contributed by atoms with van der Waals surface area (Å²) in [6.07, 6.45) is 2.28. The van der Waals surface area contributed by atoms with Crippen LogP contribution in [-0.2, 0) is 18.9 Å². The summed E-state index contributed by atoms with van der Waals surface area (Å²) in [6.45, 7) is 3.84. The third-order valence-electron chi connectivity index (χ3n) is 5.79. The summed E-state index contributed by atoms with van der Waals surface area (Å²) in [5.41, 5.74) is 4.37. The largest absolute Gasteiger partial charge is 0.370 e. The highest BCUT2D eigenvalue weighted by atomic mass is 16.2. The first kappa shape index (κ1) is 18.3. The first-order chi connectivity index (χ1) is 13.5. The van der Waals surface area contributed by atoms with E-state index in [1.165, 1.54) is 0 Å². The lowest BCUT2D eigenvalue weighted by Crippen LogP contribution is -2.23. The van der Waals surface area contributed by atoms with Crippen LogP contribution in [0.3, 0.4) is 0 Å². The maximum Gasteiger partial charge on any atom is 0.328 e. The molecule has 0 unspecified atom stereocenters. The van der Waals surface area contributed by atoms with Crippen molar-refractivity contribution in [3.05, 3.63) is 58.5 Å². The number of nitrogens with one attached hydrogen (secondary N) is 1. The molecule has 1 atom stereocenters. The van der Waals surface area contributed by atoms with Crippen LogP contribution in [0, 0.1) is 0 Å². The van der Waals surface area contributed by atoms with Gasteiger partial charge in [0, 0.05) is 27.2 Å². The first-order valence-corrected chi connectivity index (χ1v) is 9.77. The lowest BCUT2D eigenvalue weighted by atomic mass is 10.0. The summed E-state index contributed by atoms with van der Waals surface area (Å²) in [5, 5.41) is 3.13. The van der Waals surface area contributed by atoms with Crippen LogP contribution in [-0.4, -0.2) is 28.1 Å². The van der Waals surface area contributed by atoms with Gasteiger partial charge in [0.05, 0.1) is 28.3 Å². The zero-order valence-electron chi connectivity index (χ0n) is 16.6. The Hall–Kier alpha value is -3.02. The number of aromatic nitrogens is 2. The summed E-state index contributed by atoms with van der Waals surface area (Å²) in [6, 6.07) is 13.7. The molecule has 0 aliphatic carbocycles. The molecule has 28 heavy (non-hydrogen) atoms. The second-order valence-electron chi connectivity index (χ2n) is 7.57. The number of carbonyl (C=O) groups excluding carboxylic acids is 1. The summed E-state index contributed by atoms with van der Waals surface area (Å²) in [7, 11) is 3.55. The van der Waals surface area contributed by atoms with Crippen LogP contribution in [0.5, 0.6) is 0 Å². The van der Waals surface area contributed by atoms with E-state index >= 15 is 0 Å². The number of amides is 1. The van der Waals surface area contributed by atoms with E-state index in [1.807, 2.05) is 49.4 Å². The quantitative estimate of drug-likeness (QED) is 0.758. The Kier molecular flexibility index (Phi) is 4.71. The average molecular weight is 378 g/mol. The van der Waals surface area contributed by atoms with E-state index in [1.54, 1.807) is 23.2 Å². The fourth-order valence-corrected chi connectivity index (χ4v) is 3.99. The molecular weight excluding hydrogens is 352 g/mol. The van der Waals surface area contributed by atoms with Crippen LogP contribution in [0.4, 0.5) is 11.4 Å². The topological polar surface area (TPSA) is 59.3 Å². The molecule has 4 rings (SSSR count). The van der Waals surface area contributed by atoms with Gasteiger partial charge in [-0.1, -0.05) is 30.3 Å². The molecule has 6 heteroatoms. The number of carbonyl (C=O) groups is 1. The van der Waals surface area contributed by atoms with Crippen LogP contribution < -0.4 is 15.9 Å². The third kappa shape index (κ3) is 3.09. The number of nitrogens with zero attached hydrogens (tertiary/aromatic N) is 3. The molecule has 1 N–H and O–H groups in total. The van der Waals surface area contributed by atoms with E-state index in [0.29, 0.717) is 0 Å². The molecular formula is C22H26N4O2. The number of anilines is 2. The Morgan fingerprint density at radius 1 is 1.00 bits per heavy atom. The summed E-state index contributed by atoms with van der Waals surface area (Å²) in [4.78, 5) is 27.6. The highest BCUT2D eigenvalue weighted by molar-refractivity contribution is 6.01. The molecule has 2 heterocycles. The van der Waals surface area contributed by atoms with Gasteiger partial charge >= 0.3 is 5.69 Å². The lowest BCUT2D eigenvalue weighted by Gasteiger charge is -2.23. The highest BCUT2D eigenvalue weighted by Gasteiger charge is 2.22. The number of fused-ring (bicyclic) bond motifs is 1. The zero-order valence-corrected chi connectivity index (χ0v) is 16.6. The second-order valence-corrected chi connectivity index (χ2v) is 7.57. The highest BCUT2D eigenvalue weighted by Crippen LogP contribution is 2.34. The molecule has 1 fully saturated rings. The average Bonchev–Trinajstić information content (AvgIpc) is 3.32. The van der Waals surface area contributed by atoms with Crippen LogP contribution in [0.2, 0.25) is 0 Å².